The third-order valence-electron chi connectivity index (χ3n) is 7.65. The maximum absolute atomic E-state index is 13.0. The van der Waals surface area contributed by atoms with Gasteiger partial charge in [0.05, 0.1) is 0 Å². The number of phenolic OH excluding ortho intramolecular Hbond substituents is 2. The molecule has 0 aliphatic carbocycles. The molecule has 0 spiro atoms. The van der Waals surface area contributed by atoms with Gasteiger partial charge in [0.1, 0.15) is 11.5 Å². The van der Waals surface area contributed by atoms with Crippen LogP contribution in [0.1, 0.15) is 152 Å². The second-order valence-electron chi connectivity index (χ2n) is 15.8. The van der Waals surface area contributed by atoms with Crippen LogP contribution in [0, 0.1) is 0 Å². The highest BCUT2D eigenvalue weighted by Gasteiger charge is 2.29. The largest absolute Gasteiger partial charge is 0.507 e. The maximum atomic E-state index is 13.0. The molecule has 2 rings (SSSR count). The topological polar surface area (TPSA) is 98.7 Å². The molecule has 0 saturated heterocycles. The van der Waals surface area contributed by atoms with Gasteiger partial charge in [-0.15, -0.1) is 0 Å². The smallest absolute Gasteiger partial charge is 0.251 e. The van der Waals surface area contributed by atoms with Crippen molar-refractivity contribution in [2.45, 2.75) is 130 Å². The number of aromatic hydroxyl groups is 2. The number of hydrogen-bond donors (Lipinski definition) is 4. The van der Waals surface area contributed by atoms with Gasteiger partial charge < -0.3 is 20.8 Å². The van der Waals surface area contributed by atoms with Crippen molar-refractivity contribution < 1.29 is 19.8 Å². The van der Waals surface area contributed by atoms with E-state index in [0.29, 0.717) is 24.2 Å². The molecule has 0 aromatic heterocycles. The van der Waals surface area contributed by atoms with Crippen LogP contribution in [0.4, 0.5) is 0 Å². The van der Waals surface area contributed by atoms with Crippen LogP contribution in [0.2, 0.25) is 0 Å². The molecular formula is C36H56N2O4. The first-order valence-corrected chi connectivity index (χ1v) is 15.4. The number of hydrogen-bond acceptors (Lipinski definition) is 4. The molecule has 4 N–H and O–H groups in total. The van der Waals surface area contributed by atoms with Gasteiger partial charge in [-0.2, -0.15) is 0 Å². The van der Waals surface area contributed by atoms with Crippen molar-refractivity contribution in [3.8, 4) is 11.5 Å². The highest BCUT2D eigenvalue weighted by atomic mass is 16.3. The molecule has 6 heteroatoms. The third-order valence-corrected chi connectivity index (χ3v) is 7.65. The summed E-state index contributed by atoms with van der Waals surface area (Å²) in [6, 6.07) is 7.24. The summed E-state index contributed by atoms with van der Waals surface area (Å²) in [7, 11) is 0. The maximum Gasteiger partial charge on any atom is 0.251 e. The van der Waals surface area contributed by atoms with Crippen molar-refractivity contribution in [3.05, 3.63) is 57.6 Å². The Kier molecular flexibility index (Phi) is 11.0. The fourth-order valence-electron chi connectivity index (χ4n) is 5.03. The normalized spacial score (nSPS) is 12.8. The molecule has 0 heterocycles. The third kappa shape index (κ3) is 9.24. The SMILES string of the molecule is CC(C)(C)c1cc(C(=O)NCCCCCCNC(=O)c2cc(C(C)(C)C)c(O)c(C(C)(C)C)c2)cc(C(C)(C)C)c1O. The van der Waals surface area contributed by atoms with Crippen molar-refractivity contribution in [1.82, 2.24) is 10.6 Å². The Bertz CT molecular complexity index is 1100. The zero-order valence-electron chi connectivity index (χ0n) is 28.3. The monoisotopic (exact) mass is 580 g/mol. The zero-order valence-corrected chi connectivity index (χ0v) is 28.3. The second-order valence-corrected chi connectivity index (χ2v) is 15.8. The van der Waals surface area contributed by atoms with Crippen molar-refractivity contribution in [2.24, 2.45) is 0 Å². The quantitative estimate of drug-likeness (QED) is 0.226. The lowest BCUT2D eigenvalue weighted by atomic mass is 9.78. The average molecular weight is 581 g/mol. The second kappa shape index (κ2) is 13.1. The number of nitrogens with one attached hydrogen (secondary N) is 2. The number of rotatable bonds is 9. The summed E-state index contributed by atoms with van der Waals surface area (Å²) in [5.41, 5.74) is 3.09. The Balaban J connectivity index is 1.89. The van der Waals surface area contributed by atoms with Crippen LogP contribution in [0.25, 0.3) is 0 Å². The van der Waals surface area contributed by atoms with Gasteiger partial charge in [-0.25, -0.2) is 0 Å². The minimum atomic E-state index is -0.290. The van der Waals surface area contributed by atoms with Crippen LogP contribution in [0.15, 0.2) is 24.3 Å². The Morgan fingerprint density at radius 3 is 0.952 bits per heavy atom. The molecule has 0 radical (unpaired) electrons. The number of phenols is 2. The van der Waals surface area contributed by atoms with Crippen molar-refractivity contribution in [2.75, 3.05) is 13.1 Å². The first-order valence-electron chi connectivity index (χ1n) is 15.4. The number of carbonyl (C=O) groups excluding carboxylic acids is 2. The molecule has 0 saturated carbocycles. The van der Waals surface area contributed by atoms with Crippen molar-refractivity contribution >= 4 is 11.8 Å². The van der Waals surface area contributed by atoms with Gasteiger partial charge in [-0.1, -0.05) is 95.9 Å². The summed E-state index contributed by atoms with van der Waals surface area (Å²) in [6.45, 7) is 25.6. The number of unbranched alkanes of at least 4 members (excludes halogenated alkanes) is 3. The molecular weight excluding hydrogens is 524 g/mol. The van der Waals surface area contributed by atoms with E-state index in [9.17, 15) is 19.8 Å². The predicted molar refractivity (Wildman–Crippen MR) is 174 cm³/mol. The number of benzene rings is 2. The van der Waals surface area contributed by atoms with Crippen LogP contribution in [-0.4, -0.2) is 35.1 Å². The van der Waals surface area contributed by atoms with Crippen LogP contribution in [-0.2, 0) is 21.7 Å². The van der Waals surface area contributed by atoms with E-state index >= 15 is 0 Å². The first kappa shape index (κ1) is 35.2. The average Bonchev–Trinajstić information content (AvgIpc) is 2.82. The molecule has 6 nitrogen and oxygen atoms in total. The van der Waals surface area contributed by atoms with E-state index in [1.807, 2.05) is 107 Å². The molecule has 0 unspecified atom stereocenters. The molecule has 2 aromatic carbocycles. The highest BCUT2D eigenvalue weighted by molar-refractivity contribution is 5.95. The molecule has 2 amide bonds. The lowest BCUT2D eigenvalue weighted by Gasteiger charge is -2.28. The van der Waals surface area contributed by atoms with Crippen LogP contribution < -0.4 is 10.6 Å². The Morgan fingerprint density at radius 1 is 0.500 bits per heavy atom. The summed E-state index contributed by atoms with van der Waals surface area (Å²) in [4.78, 5) is 26.0. The molecule has 0 fully saturated rings. The van der Waals surface area contributed by atoms with Crippen LogP contribution in [0.5, 0.6) is 11.5 Å². The molecule has 0 aliphatic heterocycles. The van der Waals surface area contributed by atoms with Gasteiger partial charge >= 0.3 is 0 Å². The van der Waals surface area contributed by atoms with Crippen LogP contribution in [0.3, 0.4) is 0 Å². The minimum absolute atomic E-state index is 0.128. The van der Waals surface area contributed by atoms with E-state index in [0.717, 1.165) is 47.9 Å². The standard InChI is InChI=1S/C36H56N2O4/c1-33(2,3)25-19-23(20-26(29(25)39)34(4,5)6)31(41)37-17-15-13-14-16-18-38-32(42)24-21-27(35(7,8)9)30(40)28(22-24)36(10,11)12/h19-22,39-40H,13-18H2,1-12H3,(H,37,41)(H,38,42). The number of amides is 2. The van der Waals surface area contributed by atoms with Crippen molar-refractivity contribution in [1.29, 1.82) is 0 Å². The van der Waals surface area contributed by atoms with E-state index < -0.39 is 0 Å². The van der Waals surface area contributed by atoms with Gasteiger partial charge in [0, 0.05) is 46.5 Å². The fourth-order valence-corrected chi connectivity index (χ4v) is 5.03. The summed E-state index contributed by atoms with van der Waals surface area (Å²) in [6.07, 6.45) is 3.57. The molecule has 234 valence electrons. The summed E-state index contributed by atoms with van der Waals surface area (Å²) < 4.78 is 0. The number of carbonyl (C=O) groups is 2. The predicted octanol–water partition coefficient (Wildman–Crippen LogP) is 8.01. The highest BCUT2D eigenvalue weighted by Crippen LogP contribution is 2.41. The van der Waals surface area contributed by atoms with E-state index in [4.69, 9.17) is 0 Å². The Labute approximate surface area is 254 Å². The summed E-state index contributed by atoms with van der Waals surface area (Å²) in [5.74, 6) is 0.287. The summed E-state index contributed by atoms with van der Waals surface area (Å²) in [5, 5.41) is 27.9. The minimum Gasteiger partial charge on any atom is -0.507 e. The zero-order chi connectivity index (χ0) is 32.3. The van der Waals surface area contributed by atoms with E-state index in [2.05, 4.69) is 10.6 Å². The van der Waals surface area contributed by atoms with Crippen LogP contribution >= 0.6 is 0 Å². The lowest BCUT2D eigenvalue weighted by molar-refractivity contribution is 0.0942. The van der Waals surface area contributed by atoms with E-state index in [1.165, 1.54) is 0 Å². The molecule has 0 atom stereocenters. The van der Waals surface area contributed by atoms with E-state index in [1.54, 1.807) is 0 Å². The Hall–Kier alpha value is -3.02. The molecule has 0 bridgehead atoms. The molecule has 0 aliphatic rings. The van der Waals surface area contributed by atoms with E-state index in [-0.39, 0.29) is 45.0 Å². The lowest BCUT2D eigenvalue weighted by Crippen LogP contribution is -2.27. The van der Waals surface area contributed by atoms with Gasteiger partial charge in [-0.3, -0.25) is 9.59 Å². The summed E-state index contributed by atoms with van der Waals surface area (Å²) >= 11 is 0. The molecule has 42 heavy (non-hydrogen) atoms. The Morgan fingerprint density at radius 2 is 0.738 bits per heavy atom. The van der Waals surface area contributed by atoms with Gasteiger partial charge in [0.2, 0.25) is 0 Å². The van der Waals surface area contributed by atoms with Crippen molar-refractivity contribution in [3.63, 3.8) is 0 Å². The molecule has 2 aromatic rings. The van der Waals surface area contributed by atoms with Gasteiger partial charge in [0.15, 0.2) is 0 Å². The fraction of sp³-hybridized carbons (Fsp3) is 0.611. The van der Waals surface area contributed by atoms with Gasteiger partial charge in [-0.05, 0) is 58.8 Å². The van der Waals surface area contributed by atoms with Gasteiger partial charge in [0.25, 0.3) is 11.8 Å². The first-order chi connectivity index (χ1) is 19.0.